The van der Waals surface area contributed by atoms with Gasteiger partial charge in [0, 0.05) is 17.9 Å². The van der Waals surface area contributed by atoms with Gasteiger partial charge in [0.05, 0.1) is 12.7 Å². The zero-order chi connectivity index (χ0) is 11.4. The van der Waals surface area contributed by atoms with E-state index < -0.39 is 0 Å². The van der Waals surface area contributed by atoms with E-state index in [-0.39, 0.29) is 6.10 Å². The van der Waals surface area contributed by atoms with Crippen molar-refractivity contribution in [3.8, 4) is 0 Å². The Kier molecular flexibility index (Phi) is 3.97. The predicted octanol–water partition coefficient (Wildman–Crippen LogP) is 3.37. The molecule has 1 aliphatic rings. The van der Waals surface area contributed by atoms with Gasteiger partial charge in [0.2, 0.25) is 0 Å². The molecule has 0 amide bonds. The van der Waals surface area contributed by atoms with Gasteiger partial charge in [-0.1, -0.05) is 29.8 Å². The highest BCUT2D eigenvalue weighted by Gasteiger charge is 2.19. The largest absolute Gasteiger partial charge is 0.373 e. The number of carbonyl (C=O) groups excluding carboxylic acids is 1. The van der Waals surface area contributed by atoms with Crippen LogP contribution >= 0.6 is 11.6 Å². The second-order valence-corrected chi connectivity index (χ2v) is 4.57. The van der Waals surface area contributed by atoms with Crippen LogP contribution < -0.4 is 0 Å². The average Bonchev–Trinajstić information content (AvgIpc) is 2.28. The molecule has 1 aliphatic carbocycles. The van der Waals surface area contributed by atoms with E-state index in [1.165, 1.54) is 0 Å². The Hall–Kier alpha value is -0.860. The van der Waals surface area contributed by atoms with Gasteiger partial charge in [-0.25, -0.2) is 0 Å². The topological polar surface area (TPSA) is 26.3 Å². The molecule has 0 radical (unpaired) electrons. The first-order valence-corrected chi connectivity index (χ1v) is 6.00. The number of benzene rings is 1. The van der Waals surface area contributed by atoms with Crippen molar-refractivity contribution < 1.29 is 9.53 Å². The smallest absolute Gasteiger partial charge is 0.135 e. The van der Waals surface area contributed by atoms with Crippen LogP contribution in [0.15, 0.2) is 24.3 Å². The first kappa shape index (κ1) is 11.6. The lowest BCUT2D eigenvalue weighted by Crippen LogP contribution is -2.22. The van der Waals surface area contributed by atoms with Gasteiger partial charge in [0.25, 0.3) is 0 Å². The SMILES string of the molecule is O=C1CCCC(OCc2ccccc2Cl)C1. The lowest BCUT2D eigenvalue weighted by atomic mass is 9.96. The van der Waals surface area contributed by atoms with Crippen LogP contribution in [0, 0.1) is 0 Å². The number of Topliss-reactive ketones (excluding diaryl/α,β-unsaturated/α-hetero) is 1. The fourth-order valence-corrected chi connectivity index (χ4v) is 2.14. The van der Waals surface area contributed by atoms with Gasteiger partial charge in [0.1, 0.15) is 5.78 Å². The third kappa shape index (κ3) is 3.06. The van der Waals surface area contributed by atoms with Crippen LogP contribution in [0.4, 0.5) is 0 Å². The normalized spacial score (nSPS) is 21.1. The Morgan fingerprint density at radius 2 is 2.19 bits per heavy atom. The second-order valence-electron chi connectivity index (χ2n) is 4.16. The Bertz CT molecular complexity index is 376. The fourth-order valence-electron chi connectivity index (χ4n) is 1.95. The van der Waals surface area contributed by atoms with E-state index in [1.807, 2.05) is 24.3 Å². The van der Waals surface area contributed by atoms with E-state index in [9.17, 15) is 4.79 Å². The number of hydrogen-bond donors (Lipinski definition) is 0. The van der Waals surface area contributed by atoms with Crippen molar-refractivity contribution in [3.63, 3.8) is 0 Å². The molecule has 1 atom stereocenters. The molecule has 86 valence electrons. The van der Waals surface area contributed by atoms with E-state index in [0.29, 0.717) is 25.2 Å². The van der Waals surface area contributed by atoms with Gasteiger partial charge in [-0.05, 0) is 24.5 Å². The van der Waals surface area contributed by atoms with Crippen LogP contribution in [0.5, 0.6) is 0 Å². The molecule has 0 heterocycles. The third-order valence-corrected chi connectivity index (χ3v) is 3.24. The number of carbonyl (C=O) groups is 1. The highest BCUT2D eigenvalue weighted by atomic mass is 35.5. The maximum absolute atomic E-state index is 11.2. The maximum Gasteiger partial charge on any atom is 0.135 e. The summed E-state index contributed by atoms with van der Waals surface area (Å²) in [6, 6.07) is 7.64. The molecular weight excluding hydrogens is 224 g/mol. The maximum atomic E-state index is 11.2. The van der Waals surface area contributed by atoms with Gasteiger partial charge in [-0.15, -0.1) is 0 Å². The molecule has 3 heteroatoms. The Balaban J connectivity index is 1.87. The molecule has 1 unspecified atom stereocenters. The summed E-state index contributed by atoms with van der Waals surface area (Å²) >= 11 is 6.02. The molecule has 0 aliphatic heterocycles. The van der Waals surface area contributed by atoms with Gasteiger partial charge < -0.3 is 4.74 Å². The Labute approximate surface area is 101 Å². The summed E-state index contributed by atoms with van der Waals surface area (Å²) in [7, 11) is 0. The van der Waals surface area contributed by atoms with Crippen LogP contribution in [0.1, 0.15) is 31.2 Å². The lowest BCUT2D eigenvalue weighted by molar-refractivity contribution is -0.124. The Morgan fingerprint density at radius 3 is 2.94 bits per heavy atom. The standard InChI is InChI=1S/C13H15ClO2/c14-13-7-2-1-4-10(13)9-16-12-6-3-5-11(15)8-12/h1-2,4,7,12H,3,5-6,8-9H2. The van der Waals surface area contributed by atoms with Crippen molar-refractivity contribution in [2.75, 3.05) is 0 Å². The molecule has 1 aromatic rings. The van der Waals surface area contributed by atoms with Crippen molar-refractivity contribution >= 4 is 17.4 Å². The van der Waals surface area contributed by atoms with Crippen molar-refractivity contribution in [3.05, 3.63) is 34.9 Å². The number of rotatable bonds is 3. The van der Waals surface area contributed by atoms with Gasteiger partial charge in [-0.2, -0.15) is 0 Å². The average molecular weight is 239 g/mol. The van der Waals surface area contributed by atoms with Gasteiger partial charge in [-0.3, -0.25) is 4.79 Å². The zero-order valence-corrected chi connectivity index (χ0v) is 9.87. The molecule has 0 bridgehead atoms. The molecule has 1 fully saturated rings. The molecule has 0 spiro atoms. The predicted molar refractivity (Wildman–Crippen MR) is 63.5 cm³/mol. The summed E-state index contributed by atoms with van der Waals surface area (Å²) < 4.78 is 5.71. The van der Waals surface area contributed by atoms with E-state index in [0.717, 1.165) is 23.4 Å². The summed E-state index contributed by atoms with van der Waals surface area (Å²) in [5, 5.41) is 0.727. The van der Waals surface area contributed by atoms with Crippen LogP contribution in [0.25, 0.3) is 0 Å². The second kappa shape index (κ2) is 5.46. The first-order valence-electron chi connectivity index (χ1n) is 5.62. The summed E-state index contributed by atoms with van der Waals surface area (Å²) in [5.41, 5.74) is 0.988. The van der Waals surface area contributed by atoms with Crippen molar-refractivity contribution in [2.24, 2.45) is 0 Å². The number of ketones is 1. The quantitative estimate of drug-likeness (QED) is 0.807. The molecule has 0 saturated heterocycles. The van der Waals surface area contributed by atoms with Crippen molar-refractivity contribution in [2.45, 2.75) is 38.4 Å². The van der Waals surface area contributed by atoms with E-state index in [4.69, 9.17) is 16.3 Å². The first-order chi connectivity index (χ1) is 7.75. The van der Waals surface area contributed by atoms with Crippen molar-refractivity contribution in [1.29, 1.82) is 0 Å². The van der Waals surface area contributed by atoms with Gasteiger partial charge >= 0.3 is 0 Å². The molecule has 0 N–H and O–H groups in total. The Morgan fingerprint density at radius 1 is 1.38 bits per heavy atom. The number of ether oxygens (including phenoxy) is 1. The third-order valence-electron chi connectivity index (χ3n) is 2.87. The van der Waals surface area contributed by atoms with Crippen LogP contribution in [0.3, 0.4) is 0 Å². The van der Waals surface area contributed by atoms with E-state index >= 15 is 0 Å². The molecule has 2 rings (SSSR count). The summed E-state index contributed by atoms with van der Waals surface area (Å²) in [5.74, 6) is 0.315. The highest BCUT2D eigenvalue weighted by molar-refractivity contribution is 6.31. The minimum absolute atomic E-state index is 0.0810. The van der Waals surface area contributed by atoms with E-state index in [2.05, 4.69) is 0 Å². The molecule has 1 aromatic carbocycles. The summed E-state index contributed by atoms with van der Waals surface area (Å²) in [6.45, 7) is 0.498. The molecule has 16 heavy (non-hydrogen) atoms. The minimum atomic E-state index is 0.0810. The summed E-state index contributed by atoms with van der Waals surface area (Å²) in [6.07, 6.45) is 3.29. The number of halogens is 1. The molecule has 0 aromatic heterocycles. The van der Waals surface area contributed by atoms with Crippen molar-refractivity contribution in [1.82, 2.24) is 0 Å². The molecule has 2 nitrogen and oxygen atoms in total. The van der Waals surface area contributed by atoms with E-state index in [1.54, 1.807) is 0 Å². The monoisotopic (exact) mass is 238 g/mol. The number of hydrogen-bond acceptors (Lipinski definition) is 2. The van der Waals surface area contributed by atoms with Crippen LogP contribution in [-0.4, -0.2) is 11.9 Å². The van der Waals surface area contributed by atoms with Gasteiger partial charge in [0.15, 0.2) is 0 Å². The van der Waals surface area contributed by atoms with Crippen LogP contribution in [-0.2, 0) is 16.1 Å². The van der Waals surface area contributed by atoms with Crippen LogP contribution in [0.2, 0.25) is 5.02 Å². The minimum Gasteiger partial charge on any atom is -0.373 e. The zero-order valence-electron chi connectivity index (χ0n) is 9.12. The highest BCUT2D eigenvalue weighted by Crippen LogP contribution is 2.21. The molecule has 1 saturated carbocycles. The fraction of sp³-hybridized carbons (Fsp3) is 0.462. The lowest BCUT2D eigenvalue weighted by Gasteiger charge is -2.21. The summed E-state index contributed by atoms with van der Waals surface area (Å²) in [4.78, 5) is 11.2. The molecular formula is C13H15ClO2.